The Labute approximate surface area is 160 Å². The van der Waals surface area contributed by atoms with Crippen molar-refractivity contribution >= 4 is 17.6 Å². The minimum atomic E-state index is -1.01. The van der Waals surface area contributed by atoms with Gasteiger partial charge in [0.15, 0.2) is 12.4 Å². The van der Waals surface area contributed by atoms with Crippen LogP contribution >= 0.6 is 0 Å². The molecular formula is C18H20N4O6. The van der Waals surface area contributed by atoms with Gasteiger partial charge in [-0.25, -0.2) is 4.79 Å². The molecule has 0 saturated carbocycles. The number of carboxylic acids is 1. The highest BCUT2D eigenvalue weighted by Gasteiger charge is 2.27. The Bertz CT molecular complexity index is 901. The van der Waals surface area contributed by atoms with Gasteiger partial charge in [0.1, 0.15) is 5.56 Å². The maximum Gasteiger partial charge on any atom is 0.339 e. The molecule has 28 heavy (non-hydrogen) atoms. The second kappa shape index (κ2) is 8.07. The van der Waals surface area contributed by atoms with Crippen molar-refractivity contribution in [1.29, 1.82) is 0 Å². The van der Waals surface area contributed by atoms with E-state index in [0.29, 0.717) is 31.6 Å². The van der Waals surface area contributed by atoms with Crippen LogP contribution in [0.25, 0.3) is 0 Å². The number of carboxylic acid groups (broad SMARTS) is 1. The number of carbonyl (C=O) groups is 2. The van der Waals surface area contributed by atoms with E-state index >= 15 is 0 Å². The molecule has 148 valence electrons. The molecule has 0 unspecified atom stereocenters. The number of ether oxygens (including phenoxy) is 1. The summed E-state index contributed by atoms with van der Waals surface area (Å²) < 4.78 is 7.06. The first-order valence-electron chi connectivity index (χ1n) is 8.80. The van der Waals surface area contributed by atoms with Crippen LogP contribution in [0.1, 0.15) is 34.9 Å². The first-order chi connectivity index (χ1) is 13.4. The highest BCUT2D eigenvalue weighted by atomic mass is 16.6. The molecule has 3 rings (SSSR count). The van der Waals surface area contributed by atoms with Gasteiger partial charge in [-0.05, 0) is 25.8 Å². The third-order valence-electron chi connectivity index (χ3n) is 4.85. The molecule has 10 heteroatoms. The summed E-state index contributed by atoms with van der Waals surface area (Å²) in [5.41, 5.74) is 0.589. The molecule has 1 amide bonds. The standard InChI is InChI=1S/C18H20N4O6/c1-12-14(18(24)25)10-19-21(12)13-6-8-20(9-7-13)17(23)11-28-16-5-3-2-4-15(16)22(26)27/h2-5,10,13H,6-9,11H2,1H3,(H,24,25). The molecule has 1 saturated heterocycles. The van der Waals surface area contributed by atoms with Crippen LogP contribution in [0.3, 0.4) is 0 Å². The van der Waals surface area contributed by atoms with Crippen LogP contribution in [-0.4, -0.2) is 56.3 Å². The van der Waals surface area contributed by atoms with Crippen molar-refractivity contribution in [1.82, 2.24) is 14.7 Å². The first-order valence-corrected chi connectivity index (χ1v) is 8.80. The average Bonchev–Trinajstić information content (AvgIpc) is 3.08. The molecule has 1 fully saturated rings. The van der Waals surface area contributed by atoms with E-state index in [0.717, 1.165) is 0 Å². The number of hydrogen-bond donors (Lipinski definition) is 1. The fraction of sp³-hybridized carbons (Fsp3) is 0.389. The molecule has 0 atom stereocenters. The lowest BCUT2D eigenvalue weighted by molar-refractivity contribution is -0.385. The van der Waals surface area contributed by atoms with E-state index in [4.69, 9.17) is 9.84 Å². The van der Waals surface area contributed by atoms with E-state index in [2.05, 4.69) is 5.10 Å². The number of amides is 1. The van der Waals surface area contributed by atoms with E-state index in [1.165, 1.54) is 24.4 Å². The Morgan fingerprint density at radius 3 is 2.61 bits per heavy atom. The highest BCUT2D eigenvalue weighted by Crippen LogP contribution is 2.27. The van der Waals surface area contributed by atoms with Gasteiger partial charge in [-0.2, -0.15) is 5.10 Å². The minimum absolute atomic E-state index is 0.0216. The second-order valence-corrected chi connectivity index (χ2v) is 6.52. The van der Waals surface area contributed by atoms with E-state index in [9.17, 15) is 19.7 Å². The van der Waals surface area contributed by atoms with Crippen molar-refractivity contribution in [3.63, 3.8) is 0 Å². The monoisotopic (exact) mass is 388 g/mol. The molecule has 1 aliphatic heterocycles. The summed E-state index contributed by atoms with van der Waals surface area (Å²) in [6.07, 6.45) is 2.62. The van der Waals surface area contributed by atoms with Crippen molar-refractivity contribution in [3.8, 4) is 5.75 Å². The number of carbonyl (C=O) groups excluding carboxylic acids is 1. The smallest absolute Gasteiger partial charge is 0.339 e. The number of aromatic carboxylic acids is 1. The summed E-state index contributed by atoms with van der Waals surface area (Å²) in [6.45, 7) is 2.39. The summed E-state index contributed by atoms with van der Waals surface area (Å²) in [5, 5.41) is 24.3. The van der Waals surface area contributed by atoms with Gasteiger partial charge in [-0.1, -0.05) is 12.1 Å². The SMILES string of the molecule is Cc1c(C(=O)O)cnn1C1CCN(C(=O)COc2ccccc2[N+](=O)[O-])CC1. The van der Waals surface area contributed by atoms with Crippen LogP contribution in [0, 0.1) is 17.0 Å². The Balaban J connectivity index is 1.56. The van der Waals surface area contributed by atoms with Crippen LogP contribution in [0.15, 0.2) is 30.5 Å². The number of nitrogens with zero attached hydrogens (tertiary/aromatic N) is 4. The van der Waals surface area contributed by atoms with Gasteiger partial charge in [0.2, 0.25) is 0 Å². The highest BCUT2D eigenvalue weighted by molar-refractivity contribution is 5.88. The molecular weight excluding hydrogens is 368 g/mol. The minimum Gasteiger partial charge on any atom is -0.478 e. The summed E-state index contributed by atoms with van der Waals surface area (Å²) in [7, 11) is 0. The Hall–Kier alpha value is -3.43. The van der Waals surface area contributed by atoms with Gasteiger partial charge >= 0.3 is 11.7 Å². The maximum atomic E-state index is 12.4. The lowest BCUT2D eigenvalue weighted by atomic mass is 10.0. The van der Waals surface area contributed by atoms with Crippen LogP contribution < -0.4 is 4.74 Å². The number of aromatic nitrogens is 2. The number of likely N-dealkylation sites (tertiary alicyclic amines) is 1. The third kappa shape index (κ3) is 3.95. The molecule has 0 spiro atoms. The van der Waals surface area contributed by atoms with Crippen molar-refractivity contribution in [3.05, 3.63) is 51.8 Å². The average molecular weight is 388 g/mol. The number of nitro groups is 1. The number of rotatable bonds is 6. The van der Waals surface area contributed by atoms with Crippen molar-refractivity contribution < 1.29 is 24.4 Å². The van der Waals surface area contributed by atoms with Gasteiger partial charge in [-0.15, -0.1) is 0 Å². The largest absolute Gasteiger partial charge is 0.478 e. The van der Waals surface area contributed by atoms with Crippen molar-refractivity contribution in [2.24, 2.45) is 0 Å². The van der Waals surface area contributed by atoms with Gasteiger partial charge in [0, 0.05) is 19.2 Å². The Morgan fingerprint density at radius 1 is 1.32 bits per heavy atom. The molecule has 2 heterocycles. The molecule has 0 aliphatic carbocycles. The fourth-order valence-corrected chi connectivity index (χ4v) is 3.32. The lowest BCUT2D eigenvalue weighted by Crippen LogP contribution is -2.41. The number of para-hydroxylation sites is 2. The van der Waals surface area contributed by atoms with Crippen molar-refractivity contribution in [2.45, 2.75) is 25.8 Å². The quantitative estimate of drug-likeness (QED) is 0.592. The van der Waals surface area contributed by atoms with Gasteiger partial charge in [0.05, 0.1) is 22.9 Å². The third-order valence-corrected chi connectivity index (χ3v) is 4.85. The predicted molar refractivity (Wildman–Crippen MR) is 97.4 cm³/mol. The number of piperidine rings is 1. The van der Waals surface area contributed by atoms with Crippen LogP contribution in [0.5, 0.6) is 5.75 Å². The summed E-state index contributed by atoms with van der Waals surface area (Å²) in [5.74, 6) is -1.20. The number of nitro benzene ring substituents is 1. The molecule has 0 radical (unpaired) electrons. The number of benzene rings is 1. The predicted octanol–water partition coefficient (Wildman–Crippen LogP) is 2.04. The van der Waals surface area contributed by atoms with E-state index in [-0.39, 0.29) is 35.6 Å². The maximum absolute atomic E-state index is 12.4. The summed E-state index contributed by atoms with van der Waals surface area (Å²) in [4.78, 5) is 35.6. The first kappa shape index (κ1) is 19.3. The zero-order valence-corrected chi connectivity index (χ0v) is 15.3. The lowest BCUT2D eigenvalue weighted by Gasteiger charge is -2.32. The van der Waals surface area contributed by atoms with Gasteiger partial charge in [0.25, 0.3) is 5.91 Å². The molecule has 0 bridgehead atoms. The second-order valence-electron chi connectivity index (χ2n) is 6.52. The van der Waals surface area contributed by atoms with E-state index in [1.54, 1.807) is 22.6 Å². The van der Waals surface area contributed by atoms with Crippen LogP contribution in [0.4, 0.5) is 5.69 Å². The zero-order valence-electron chi connectivity index (χ0n) is 15.3. The van der Waals surface area contributed by atoms with Gasteiger partial charge < -0.3 is 14.7 Å². The summed E-state index contributed by atoms with van der Waals surface area (Å²) >= 11 is 0. The molecule has 1 N–H and O–H groups in total. The van der Waals surface area contributed by atoms with E-state index < -0.39 is 10.9 Å². The van der Waals surface area contributed by atoms with Crippen LogP contribution in [-0.2, 0) is 4.79 Å². The normalized spacial score (nSPS) is 14.7. The molecule has 10 nitrogen and oxygen atoms in total. The fourth-order valence-electron chi connectivity index (χ4n) is 3.32. The zero-order chi connectivity index (χ0) is 20.3. The number of hydrogen-bond acceptors (Lipinski definition) is 6. The Morgan fingerprint density at radius 2 is 2.00 bits per heavy atom. The van der Waals surface area contributed by atoms with Crippen LogP contribution in [0.2, 0.25) is 0 Å². The Kier molecular flexibility index (Phi) is 5.57. The molecule has 1 aromatic heterocycles. The van der Waals surface area contributed by atoms with Gasteiger partial charge in [-0.3, -0.25) is 19.6 Å². The molecule has 1 aromatic carbocycles. The molecule has 1 aliphatic rings. The molecule has 2 aromatic rings. The topological polar surface area (TPSA) is 128 Å². The summed E-state index contributed by atoms with van der Waals surface area (Å²) in [6, 6.07) is 5.94. The van der Waals surface area contributed by atoms with E-state index in [1.807, 2.05) is 0 Å². The van der Waals surface area contributed by atoms with Crippen molar-refractivity contribution in [2.75, 3.05) is 19.7 Å².